The molecule has 0 N–H and O–H groups in total. The number of rotatable bonds is 4. The highest BCUT2D eigenvalue weighted by Crippen LogP contribution is 2.50. The third kappa shape index (κ3) is 3.21. The van der Waals surface area contributed by atoms with Crippen LogP contribution in [0.15, 0.2) is 0 Å². The molecule has 5 heteroatoms. The van der Waals surface area contributed by atoms with Crippen LogP contribution in [0.2, 0.25) is 0 Å². The zero-order valence-corrected chi connectivity index (χ0v) is 8.10. The first-order valence-electron chi connectivity index (χ1n) is 4.07. The second kappa shape index (κ2) is 3.52. The fourth-order valence-electron chi connectivity index (χ4n) is 1.29. The summed E-state index contributed by atoms with van der Waals surface area (Å²) in [5, 5.41) is 0. The molecule has 1 nitrogen and oxygen atoms in total. The number of thioether (sulfide) groups is 1. The van der Waals surface area contributed by atoms with E-state index in [2.05, 4.69) is 0 Å². The minimum absolute atomic E-state index is 0.00306. The van der Waals surface area contributed by atoms with Gasteiger partial charge in [-0.3, -0.25) is 4.79 Å². The Morgan fingerprint density at radius 1 is 1.46 bits per heavy atom. The third-order valence-electron chi connectivity index (χ3n) is 2.45. The van der Waals surface area contributed by atoms with Gasteiger partial charge < -0.3 is 0 Å². The summed E-state index contributed by atoms with van der Waals surface area (Å²) in [7, 11) is 0. The third-order valence-corrected chi connectivity index (χ3v) is 3.18. The maximum atomic E-state index is 11.7. The van der Waals surface area contributed by atoms with Crippen LogP contribution in [0.1, 0.15) is 26.2 Å². The van der Waals surface area contributed by atoms with E-state index in [1.165, 1.54) is 6.92 Å². The highest BCUT2D eigenvalue weighted by atomic mass is 32.2. The fourth-order valence-corrected chi connectivity index (χ4v) is 2.02. The molecule has 0 radical (unpaired) electrons. The van der Waals surface area contributed by atoms with Crippen LogP contribution in [0.5, 0.6) is 0 Å². The van der Waals surface area contributed by atoms with E-state index in [-0.39, 0.29) is 23.3 Å². The van der Waals surface area contributed by atoms with Crippen LogP contribution in [0, 0.1) is 5.41 Å². The number of Topliss-reactive ketones (excluding diaryl/α,β-unsaturated/α-hetero) is 1. The molecule has 1 aliphatic rings. The molecule has 0 saturated heterocycles. The van der Waals surface area contributed by atoms with Crippen molar-refractivity contribution in [1.29, 1.82) is 0 Å². The van der Waals surface area contributed by atoms with Crippen LogP contribution in [0.25, 0.3) is 0 Å². The lowest BCUT2D eigenvalue weighted by molar-refractivity contribution is -0.122. The van der Waals surface area contributed by atoms with Crippen LogP contribution >= 0.6 is 11.8 Å². The van der Waals surface area contributed by atoms with Crippen LogP contribution < -0.4 is 0 Å². The maximum absolute atomic E-state index is 11.7. The number of carbonyl (C=O) groups is 1. The quantitative estimate of drug-likeness (QED) is 0.712. The molecule has 0 heterocycles. The fraction of sp³-hybridized carbons (Fsp3) is 0.875. The molecule has 76 valence electrons. The Kier molecular flexibility index (Phi) is 2.95. The van der Waals surface area contributed by atoms with Crippen molar-refractivity contribution in [2.45, 2.75) is 31.7 Å². The van der Waals surface area contributed by atoms with Gasteiger partial charge in [0.1, 0.15) is 5.78 Å². The zero-order valence-electron chi connectivity index (χ0n) is 7.28. The lowest BCUT2D eigenvalue weighted by Gasteiger charge is -2.11. The molecule has 13 heavy (non-hydrogen) atoms. The summed E-state index contributed by atoms with van der Waals surface area (Å²) in [6, 6.07) is 0. The van der Waals surface area contributed by atoms with Gasteiger partial charge in [-0.1, -0.05) is 11.8 Å². The molecule has 0 unspecified atom stereocenters. The van der Waals surface area contributed by atoms with Crippen molar-refractivity contribution in [3.05, 3.63) is 0 Å². The lowest BCUT2D eigenvalue weighted by Crippen LogP contribution is -2.14. The van der Waals surface area contributed by atoms with E-state index in [9.17, 15) is 18.0 Å². The van der Waals surface area contributed by atoms with Crippen LogP contribution in [0.4, 0.5) is 13.2 Å². The molecule has 1 saturated carbocycles. The van der Waals surface area contributed by atoms with Crippen molar-refractivity contribution in [3.8, 4) is 0 Å². The van der Waals surface area contributed by atoms with Gasteiger partial charge in [0.2, 0.25) is 0 Å². The number of hydrogen-bond acceptors (Lipinski definition) is 2. The average molecular weight is 212 g/mol. The topological polar surface area (TPSA) is 17.1 Å². The van der Waals surface area contributed by atoms with Crippen LogP contribution in [-0.2, 0) is 4.79 Å². The molecular formula is C8H11F3OS. The molecular weight excluding hydrogens is 201 g/mol. The summed E-state index contributed by atoms with van der Waals surface area (Å²) in [5.41, 5.74) is -4.55. The molecule has 1 aliphatic carbocycles. The van der Waals surface area contributed by atoms with E-state index in [4.69, 9.17) is 0 Å². The van der Waals surface area contributed by atoms with Gasteiger partial charge in [0.25, 0.3) is 0 Å². The predicted molar refractivity (Wildman–Crippen MR) is 45.5 cm³/mol. The first-order valence-corrected chi connectivity index (χ1v) is 5.06. The van der Waals surface area contributed by atoms with Gasteiger partial charge in [-0.05, 0) is 26.2 Å². The second-order valence-electron chi connectivity index (χ2n) is 3.38. The number of hydrogen-bond donors (Lipinski definition) is 0. The van der Waals surface area contributed by atoms with E-state index >= 15 is 0 Å². The van der Waals surface area contributed by atoms with E-state index < -0.39 is 10.9 Å². The van der Waals surface area contributed by atoms with Gasteiger partial charge >= 0.3 is 5.51 Å². The summed E-state index contributed by atoms with van der Waals surface area (Å²) in [5.74, 6) is 0.0403. The molecule has 0 atom stereocenters. The van der Waals surface area contributed by atoms with E-state index in [1.54, 1.807) is 0 Å². The number of alkyl halides is 3. The Bertz CT molecular complexity index is 208. The molecule has 1 rings (SSSR count). The Hall–Kier alpha value is -0.190. The largest absolute Gasteiger partial charge is 0.441 e. The minimum Gasteiger partial charge on any atom is -0.299 e. The van der Waals surface area contributed by atoms with Gasteiger partial charge in [0.15, 0.2) is 0 Å². The van der Waals surface area contributed by atoms with Crippen molar-refractivity contribution in [2.24, 2.45) is 5.41 Å². The van der Waals surface area contributed by atoms with Crippen LogP contribution in [-0.4, -0.2) is 17.0 Å². The molecule has 0 amide bonds. The molecule has 0 bridgehead atoms. The maximum Gasteiger partial charge on any atom is 0.441 e. The summed E-state index contributed by atoms with van der Waals surface area (Å²) in [6.45, 7) is 1.46. The SMILES string of the molecule is CC(=O)C1(CCSC(F)(F)F)CC1. The smallest absolute Gasteiger partial charge is 0.299 e. The molecule has 0 aliphatic heterocycles. The van der Waals surface area contributed by atoms with Crippen molar-refractivity contribution in [1.82, 2.24) is 0 Å². The first kappa shape index (κ1) is 10.9. The van der Waals surface area contributed by atoms with Gasteiger partial charge in [-0.25, -0.2) is 0 Å². The highest BCUT2D eigenvalue weighted by molar-refractivity contribution is 8.00. The van der Waals surface area contributed by atoms with Crippen molar-refractivity contribution in [2.75, 3.05) is 5.75 Å². The minimum atomic E-state index is -4.16. The number of carbonyl (C=O) groups excluding carboxylic acids is 1. The number of halogens is 3. The summed E-state index contributed by atoms with van der Waals surface area (Å²) < 4.78 is 35.2. The summed E-state index contributed by atoms with van der Waals surface area (Å²) >= 11 is -0.0344. The molecule has 0 spiro atoms. The molecule has 1 fully saturated rings. The monoisotopic (exact) mass is 212 g/mol. The van der Waals surface area contributed by atoms with Gasteiger partial charge in [0, 0.05) is 11.2 Å². The second-order valence-corrected chi connectivity index (χ2v) is 4.54. The molecule has 0 aromatic carbocycles. The Morgan fingerprint density at radius 2 is 2.00 bits per heavy atom. The Balaban J connectivity index is 2.24. The normalized spacial score (nSPS) is 20.0. The average Bonchev–Trinajstić information content (AvgIpc) is 2.65. The van der Waals surface area contributed by atoms with Crippen molar-refractivity contribution < 1.29 is 18.0 Å². The predicted octanol–water partition coefficient (Wildman–Crippen LogP) is 3.00. The van der Waals surface area contributed by atoms with E-state index in [1.807, 2.05) is 0 Å². The van der Waals surface area contributed by atoms with Gasteiger partial charge in [0.05, 0.1) is 0 Å². The van der Waals surface area contributed by atoms with Gasteiger partial charge in [-0.2, -0.15) is 13.2 Å². The highest BCUT2D eigenvalue weighted by Gasteiger charge is 2.47. The zero-order chi connectivity index (χ0) is 10.1. The molecule has 0 aromatic rings. The van der Waals surface area contributed by atoms with Gasteiger partial charge in [-0.15, -0.1) is 0 Å². The standard InChI is InChI=1S/C8H11F3OS/c1-6(12)7(2-3-7)4-5-13-8(9,10)11/h2-5H2,1H3. The van der Waals surface area contributed by atoms with E-state index in [0.717, 1.165) is 12.8 Å². The van der Waals surface area contributed by atoms with Crippen molar-refractivity contribution in [3.63, 3.8) is 0 Å². The molecule has 0 aromatic heterocycles. The van der Waals surface area contributed by atoms with E-state index in [0.29, 0.717) is 6.42 Å². The van der Waals surface area contributed by atoms with Crippen molar-refractivity contribution >= 4 is 17.5 Å². The summed E-state index contributed by atoms with van der Waals surface area (Å²) in [6.07, 6.45) is 1.90. The first-order chi connectivity index (χ1) is 5.86. The Morgan fingerprint density at radius 3 is 2.31 bits per heavy atom. The van der Waals surface area contributed by atoms with Crippen LogP contribution in [0.3, 0.4) is 0 Å². The Labute approximate surface area is 79.1 Å². The number of ketones is 1. The lowest BCUT2D eigenvalue weighted by atomic mass is 9.99. The summed E-state index contributed by atoms with van der Waals surface area (Å²) in [4.78, 5) is 11.0.